The van der Waals surface area contributed by atoms with Gasteiger partial charge in [0.1, 0.15) is 12.7 Å². The maximum Gasteiger partial charge on any atom is 0.160 e. The van der Waals surface area contributed by atoms with Crippen LogP contribution in [-0.4, -0.2) is 19.7 Å². The molecule has 1 aromatic rings. The summed E-state index contributed by atoms with van der Waals surface area (Å²) >= 11 is 0. The van der Waals surface area contributed by atoms with Crippen LogP contribution < -0.4 is 9.64 Å². The molecular weight excluding hydrogens is 214 g/mol. The fourth-order valence-electron chi connectivity index (χ4n) is 2.04. The summed E-state index contributed by atoms with van der Waals surface area (Å²) in [7, 11) is 1.98. The average molecular weight is 227 g/mol. The SMILES string of the molecule is CN1c2cccc(C#N)c2OCC1CCC#N. The van der Waals surface area contributed by atoms with E-state index in [4.69, 9.17) is 15.3 Å². The molecule has 0 saturated carbocycles. The number of ether oxygens (including phenoxy) is 1. The molecule has 1 atom stereocenters. The van der Waals surface area contributed by atoms with E-state index in [1.807, 2.05) is 19.2 Å². The summed E-state index contributed by atoms with van der Waals surface area (Å²) in [4.78, 5) is 2.09. The lowest BCUT2D eigenvalue weighted by Gasteiger charge is -2.35. The lowest BCUT2D eigenvalue weighted by atomic mass is 10.1. The van der Waals surface area contributed by atoms with E-state index in [2.05, 4.69) is 17.0 Å². The predicted octanol–water partition coefficient (Wildman–Crippen LogP) is 2.06. The number of anilines is 1. The van der Waals surface area contributed by atoms with Crippen molar-refractivity contribution >= 4 is 5.69 Å². The fraction of sp³-hybridized carbons (Fsp3) is 0.385. The number of hydrogen-bond donors (Lipinski definition) is 0. The molecule has 1 aliphatic rings. The van der Waals surface area contributed by atoms with Crippen molar-refractivity contribution in [1.29, 1.82) is 10.5 Å². The molecule has 0 aromatic heterocycles. The van der Waals surface area contributed by atoms with Crippen LogP contribution in [0, 0.1) is 22.7 Å². The molecule has 17 heavy (non-hydrogen) atoms. The fourth-order valence-corrected chi connectivity index (χ4v) is 2.04. The number of likely N-dealkylation sites (N-methyl/N-ethyl adjacent to an activating group) is 1. The Bertz CT molecular complexity index is 498. The van der Waals surface area contributed by atoms with E-state index < -0.39 is 0 Å². The van der Waals surface area contributed by atoms with Crippen LogP contribution in [0.2, 0.25) is 0 Å². The molecule has 0 spiro atoms. The highest BCUT2D eigenvalue weighted by molar-refractivity contribution is 5.66. The van der Waals surface area contributed by atoms with Gasteiger partial charge in [0, 0.05) is 13.5 Å². The molecular formula is C13H13N3O. The van der Waals surface area contributed by atoms with Crippen LogP contribution in [0.5, 0.6) is 5.75 Å². The van der Waals surface area contributed by atoms with Gasteiger partial charge in [0.25, 0.3) is 0 Å². The first kappa shape index (κ1) is 11.3. The zero-order valence-electron chi connectivity index (χ0n) is 9.68. The molecule has 4 nitrogen and oxygen atoms in total. The van der Waals surface area contributed by atoms with Crippen LogP contribution in [0.25, 0.3) is 0 Å². The maximum atomic E-state index is 9.00. The van der Waals surface area contributed by atoms with E-state index in [0.29, 0.717) is 24.3 Å². The second-order valence-corrected chi connectivity index (χ2v) is 4.04. The minimum absolute atomic E-state index is 0.205. The summed E-state index contributed by atoms with van der Waals surface area (Å²) in [5, 5.41) is 17.6. The molecule has 1 unspecified atom stereocenters. The van der Waals surface area contributed by atoms with Gasteiger partial charge in [0.15, 0.2) is 5.75 Å². The highest BCUT2D eigenvalue weighted by Gasteiger charge is 2.25. The Morgan fingerprint density at radius 1 is 1.47 bits per heavy atom. The molecule has 0 amide bonds. The first-order chi connectivity index (χ1) is 8.27. The van der Waals surface area contributed by atoms with Gasteiger partial charge >= 0.3 is 0 Å². The van der Waals surface area contributed by atoms with Crippen LogP contribution >= 0.6 is 0 Å². The molecule has 2 rings (SSSR count). The van der Waals surface area contributed by atoms with Crippen molar-refractivity contribution in [3.05, 3.63) is 23.8 Å². The van der Waals surface area contributed by atoms with Crippen LogP contribution in [-0.2, 0) is 0 Å². The van der Waals surface area contributed by atoms with Gasteiger partial charge in [0.05, 0.1) is 23.4 Å². The van der Waals surface area contributed by atoms with Gasteiger partial charge in [-0.2, -0.15) is 10.5 Å². The number of rotatable bonds is 2. The molecule has 1 heterocycles. The lowest BCUT2D eigenvalue weighted by Crippen LogP contribution is -2.40. The van der Waals surface area contributed by atoms with Crippen molar-refractivity contribution < 1.29 is 4.74 Å². The zero-order valence-corrected chi connectivity index (χ0v) is 9.68. The first-order valence-corrected chi connectivity index (χ1v) is 5.53. The smallest absolute Gasteiger partial charge is 0.160 e. The van der Waals surface area contributed by atoms with Gasteiger partial charge in [-0.25, -0.2) is 0 Å². The third kappa shape index (κ3) is 2.03. The maximum absolute atomic E-state index is 9.00. The monoisotopic (exact) mass is 227 g/mol. The predicted molar refractivity (Wildman–Crippen MR) is 63.7 cm³/mol. The molecule has 0 saturated heterocycles. The molecule has 0 radical (unpaired) electrons. The summed E-state index contributed by atoms with van der Waals surface area (Å²) in [6.45, 7) is 0.532. The summed E-state index contributed by atoms with van der Waals surface area (Å²) in [6, 6.07) is 10.0. The van der Waals surface area contributed by atoms with Crippen molar-refractivity contribution in [2.75, 3.05) is 18.6 Å². The average Bonchev–Trinajstić information content (AvgIpc) is 2.37. The normalized spacial score (nSPS) is 17.6. The molecule has 1 aromatic carbocycles. The van der Waals surface area contributed by atoms with E-state index in [1.165, 1.54) is 0 Å². The third-order valence-electron chi connectivity index (χ3n) is 3.05. The number of nitriles is 2. The first-order valence-electron chi connectivity index (χ1n) is 5.53. The Morgan fingerprint density at radius 2 is 2.29 bits per heavy atom. The van der Waals surface area contributed by atoms with Crippen LogP contribution in [0.15, 0.2) is 18.2 Å². The van der Waals surface area contributed by atoms with E-state index in [0.717, 1.165) is 12.1 Å². The van der Waals surface area contributed by atoms with Gasteiger partial charge < -0.3 is 9.64 Å². The number of nitrogens with zero attached hydrogens (tertiary/aromatic N) is 3. The van der Waals surface area contributed by atoms with Gasteiger partial charge in [-0.3, -0.25) is 0 Å². The summed E-state index contributed by atoms with van der Waals surface area (Å²) < 4.78 is 5.65. The second kappa shape index (κ2) is 4.76. The van der Waals surface area contributed by atoms with E-state index in [9.17, 15) is 0 Å². The number of para-hydroxylation sites is 1. The molecule has 0 fully saturated rings. The molecule has 0 bridgehead atoms. The summed E-state index contributed by atoms with van der Waals surface area (Å²) in [5.74, 6) is 0.658. The van der Waals surface area contributed by atoms with Crippen LogP contribution in [0.4, 0.5) is 5.69 Å². The largest absolute Gasteiger partial charge is 0.488 e. The topological polar surface area (TPSA) is 60.1 Å². The van der Waals surface area contributed by atoms with Crippen molar-refractivity contribution in [1.82, 2.24) is 0 Å². The quantitative estimate of drug-likeness (QED) is 0.775. The minimum atomic E-state index is 0.205. The highest BCUT2D eigenvalue weighted by Crippen LogP contribution is 2.36. The Kier molecular flexibility index (Phi) is 3.16. The van der Waals surface area contributed by atoms with Crippen molar-refractivity contribution in [3.8, 4) is 17.9 Å². The molecule has 86 valence electrons. The lowest BCUT2D eigenvalue weighted by molar-refractivity contribution is 0.260. The highest BCUT2D eigenvalue weighted by atomic mass is 16.5. The van der Waals surface area contributed by atoms with Crippen molar-refractivity contribution in [2.45, 2.75) is 18.9 Å². The van der Waals surface area contributed by atoms with Crippen molar-refractivity contribution in [3.63, 3.8) is 0 Å². The molecule has 0 aliphatic carbocycles. The van der Waals surface area contributed by atoms with Gasteiger partial charge in [-0.1, -0.05) is 6.07 Å². The van der Waals surface area contributed by atoms with Gasteiger partial charge in [-0.05, 0) is 18.6 Å². The number of hydrogen-bond acceptors (Lipinski definition) is 4. The van der Waals surface area contributed by atoms with E-state index in [1.54, 1.807) is 6.07 Å². The Hall–Kier alpha value is -2.20. The molecule has 1 aliphatic heterocycles. The number of benzene rings is 1. The van der Waals surface area contributed by atoms with E-state index in [-0.39, 0.29) is 6.04 Å². The Balaban J connectivity index is 2.28. The second-order valence-electron chi connectivity index (χ2n) is 4.04. The summed E-state index contributed by atoms with van der Waals surface area (Å²) in [6.07, 6.45) is 1.30. The van der Waals surface area contributed by atoms with Crippen LogP contribution in [0.1, 0.15) is 18.4 Å². The summed E-state index contributed by atoms with van der Waals surface area (Å²) in [5.41, 5.74) is 1.49. The number of fused-ring (bicyclic) bond motifs is 1. The standard InChI is InChI=1S/C13H13N3O/c1-16-11(5-3-7-14)9-17-13-10(8-15)4-2-6-12(13)16/h2,4,6,11H,3,5,9H2,1H3. The molecule has 4 heteroatoms. The third-order valence-corrected chi connectivity index (χ3v) is 3.05. The van der Waals surface area contributed by atoms with Gasteiger partial charge in [-0.15, -0.1) is 0 Å². The Labute approximate surface area is 101 Å². The van der Waals surface area contributed by atoms with Crippen molar-refractivity contribution in [2.24, 2.45) is 0 Å². The Morgan fingerprint density at radius 3 is 3.00 bits per heavy atom. The van der Waals surface area contributed by atoms with Gasteiger partial charge in [0.2, 0.25) is 0 Å². The minimum Gasteiger partial charge on any atom is -0.488 e. The zero-order chi connectivity index (χ0) is 12.3. The van der Waals surface area contributed by atoms with Crippen LogP contribution in [0.3, 0.4) is 0 Å². The molecule has 0 N–H and O–H groups in total. The van der Waals surface area contributed by atoms with E-state index >= 15 is 0 Å².